The predicted octanol–water partition coefficient (Wildman–Crippen LogP) is 4.53. The van der Waals surface area contributed by atoms with Crippen molar-refractivity contribution in [3.8, 4) is 0 Å². The first-order valence-corrected chi connectivity index (χ1v) is 8.64. The van der Waals surface area contributed by atoms with Crippen LogP contribution in [0.25, 0.3) is 0 Å². The van der Waals surface area contributed by atoms with E-state index in [1.165, 1.54) is 23.9 Å². The fourth-order valence-electron chi connectivity index (χ4n) is 2.72. The summed E-state index contributed by atoms with van der Waals surface area (Å²) in [5, 5.41) is 3.05. The van der Waals surface area contributed by atoms with Crippen LogP contribution >= 0.6 is 11.8 Å². The van der Waals surface area contributed by atoms with E-state index in [0.717, 1.165) is 18.2 Å². The van der Waals surface area contributed by atoms with Gasteiger partial charge in [-0.25, -0.2) is 0 Å². The standard InChI is InChI=1S/C18H18F3NOS/c19-18(20,21)14-8-4-5-9-16(14)24-17(13-6-2-1-3-7-13)15-12-22-10-11-23-15/h1-9,15,17,22H,10-12H2/t15-,17-/m1/s1. The Hall–Kier alpha value is -1.50. The number of benzene rings is 2. The summed E-state index contributed by atoms with van der Waals surface area (Å²) in [7, 11) is 0. The first-order valence-electron chi connectivity index (χ1n) is 7.76. The number of hydrogen-bond acceptors (Lipinski definition) is 3. The predicted molar refractivity (Wildman–Crippen MR) is 89.1 cm³/mol. The monoisotopic (exact) mass is 353 g/mol. The van der Waals surface area contributed by atoms with E-state index >= 15 is 0 Å². The molecule has 2 nitrogen and oxygen atoms in total. The molecule has 6 heteroatoms. The topological polar surface area (TPSA) is 21.3 Å². The second-order valence-corrected chi connectivity index (χ2v) is 6.74. The van der Waals surface area contributed by atoms with Gasteiger partial charge in [0.1, 0.15) is 0 Å². The molecule has 2 aromatic rings. The number of rotatable bonds is 4. The highest BCUT2D eigenvalue weighted by molar-refractivity contribution is 7.99. The molecule has 1 fully saturated rings. The van der Waals surface area contributed by atoms with Crippen molar-refractivity contribution in [1.82, 2.24) is 5.32 Å². The largest absolute Gasteiger partial charge is 0.417 e. The van der Waals surface area contributed by atoms with Crippen molar-refractivity contribution in [2.45, 2.75) is 22.4 Å². The molecule has 128 valence electrons. The van der Waals surface area contributed by atoms with Crippen molar-refractivity contribution < 1.29 is 17.9 Å². The highest BCUT2D eigenvalue weighted by Gasteiger charge is 2.35. The van der Waals surface area contributed by atoms with Crippen molar-refractivity contribution >= 4 is 11.8 Å². The third-order valence-corrected chi connectivity index (χ3v) is 5.31. The smallest absolute Gasteiger partial charge is 0.374 e. The number of thioether (sulfide) groups is 1. The molecule has 1 heterocycles. The highest BCUT2D eigenvalue weighted by atomic mass is 32.2. The second kappa shape index (κ2) is 7.59. The van der Waals surface area contributed by atoms with Crippen molar-refractivity contribution in [2.75, 3.05) is 19.7 Å². The minimum Gasteiger partial charge on any atom is -0.374 e. The number of morpholine rings is 1. The summed E-state index contributed by atoms with van der Waals surface area (Å²) in [4.78, 5) is 0.230. The maximum Gasteiger partial charge on any atom is 0.417 e. The van der Waals surface area contributed by atoms with E-state index in [4.69, 9.17) is 4.74 Å². The molecule has 0 aromatic heterocycles. The molecule has 2 aromatic carbocycles. The van der Waals surface area contributed by atoms with Gasteiger partial charge in [0.2, 0.25) is 0 Å². The van der Waals surface area contributed by atoms with Gasteiger partial charge in [0.15, 0.2) is 0 Å². The quantitative estimate of drug-likeness (QED) is 0.816. The van der Waals surface area contributed by atoms with Gasteiger partial charge < -0.3 is 10.1 Å². The van der Waals surface area contributed by atoms with E-state index in [1.54, 1.807) is 6.07 Å². The molecule has 2 atom stereocenters. The maximum atomic E-state index is 13.3. The molecule has 0 amide bonds. The Morgan fingerprint density at radius 2 is 1.75 bits per heavy atom. The summed E-state index contributed by atoms with van der Waals surface area (Å²) in [6.45, 7) is 1.96. The normalized spacial score (nSPS) is 19.9. The molecule has 0 saturated carbocycles. The molecule has 0 unspecified atom stereocenters. The molecule has 1 N–H and O–H groups in total. The first-order chi connectivity index (χ1) is 11.6. The van der Waals surface area contributed by atoms with Crippen molar-refractivity contribution in [2.24, 2.45) is 0 Å². The lowest BCUT2D eigenvalue weighted by molar-refractivity contribution is -0.139. The molecule has 1 aliphatic heterocycles. The lowest BCUT2D eigenvalue weighted by Crippen LogP contribution is -2.41. The Labute approximate surface area is 143 Å². The van der Waals surface area contributed by atoms with E-state index in [2.05, 4.69) is 5.32 Å². The highest BCUT2D eigenvalue weighted by Crippen LogP contribution is 2.44. The third kappa shape index (κ3) is 4.12. The molecule has 0 spiro atoms. The molecule has 1 saturated heterocycles. The zero-order chi connectivity index (χ0) is 17.0. The van der Waals surface area contributed by atoms with Gasteiger partial charge in [-0.3, -0.25) is 0 Å². The number of alkyl halides is 3. The Morgan fingerprint density at radius 1 is 1.04 bits per heavy atom. The van der Waals surface area contributed by atoms with Crippen LogP contribution in [0.3, 0.4) is 0 Å². The first kappa shape index (κ1) is 17.3. The molecule has 24 heavy (non-hydrogen) atoms. The van der Waals surface area contributed by atoms with Gasteiger partial charge in [0, 0.05) is 18.0 Å². The van der Waals surface area contributed by atoms with Crippen molar-refractivity contribution in [1.29, 1.82) is 0 Å². The number of halogens is 3. The van der Waals surface area contributed by atoms with Crippen LogP contribution in [0, 0.1) is 0 Å². The van der Waals surface area contributed by atoms with Crippen LogP contribution in [0.15, 0.2) is 59.5 Å². The summed E-state index contributed by atoms with van der Waals surface area (Å²) >= 11 is 1.22. The van der Waals surface area contributed by atoms with E-state index in [0.29, 0.717) is 13.2 Å². The average Bonchev–Trinajstić information content (AvgIpc) is 2.61. The second-order valence-electron chi connectivity index (χ2n) is 5.56. The van der Waals surface area contributed by atoms with Crippen LogP contribution in [-0.4, -0.2) is 25.8 Å². The molecular weight excluding hydrogens is 335 g/mol. The Kier molecular flexibility index (Phi) is 5.48. The zero-order valence-corrected chi connectivity index (χ0v) is 13.7. The Balaban J connectivity index is 1.93. The van der Waals surface area contributed by atoms with E-state index < -0.39 is 11.7 Å². The lowest BCUT2D eigenvalue weighted by atomic mass is 10.1. The fraction of sp³-hybridized carbons (Fsp3) is 0.333. The Morgan fingerprint density at radius 3 is 2.42 bits per heavy atom. The summed E-state index contributed by atoms with van der Waals surface area (Å²) in [6, 6.07) is 15.3. The summed E-state index contributed by atoms with van der Waals surface area (Å²) < 4.78 is 45.7. The van der Waals surface area contributed by atoms with Crippen molar-refractivity contribution in [3.05, 3.63) is 65.7 Å². The minimum atomic E-state index is -4.36. The van der Waals surface area contributed by atoms with Gasteiger partial charge in [-0.2, -0.15) is 13.2 Å². The van der Waals surface area contributed by atoms with E-state index in [9.17, 15) is 13.2 Å². The summed E-state index contributed by atoms with van der Waals surface area (Å²) in [5.41, 5.74) is 0.368. The lowest BCUT2D eigenvalue weighted by Gasteiger charge is -2.31. The molecular formula is C18H18F3NOS. The minimum absolute atomic E-state index is 0.174. The van der Waals surface area contributed by atoms with Crippen molar-refractivity contribution in [3.63, 3.8) is 0 Å². The van der Waals surface area contributed by atoms with Crippen LogP contribution in [0.1, 0.15) is 16.4 Å². The van der Waals surface area contributed by atoms with Gasteiger partial charge in [0.25, 0.3) is 0 Å². The van der Waals surface area contributed by atoms with Gasteiger partial charge in [-0.15, -0.1) is 11.8 Å². The number of hydrogen-bond donors (Lipinski definition) is 1. The summed E-state index contributed by atoms with van der Waals surface area (Å²) in [6.07, 6.45) is -4.54. The zero-order valence-electron chi connectivity index (χ0n) is 12.9. The van der Waals surface area contributed by atoms with Crippen LogP contribution < -0.4 is 5.32 Å². The molecule has 1 aliphatic rings. The van der Waals surface area contributed by atoms with Crippen LogP contribution in [0.2, 0.25) is 0 Å². The van der Waals surface area contributed by atoms with Crippen LogP contribution in [0.5, 0.6) is 0 Å². The summed E-state index contributed by atoms with van der Waals surface area (Å²) in [5.74, 6) is 0. The molecule has 0 radical (unpaired) electrons. The average molecular weight is 353 g/mol. The van der Waals surface area contributed by atoms with Gasteiger partial charge in [0.05, 0.1) is 23.5 Å². The molecule has 3 rings (SSSR count). The fourth-order valence-corrected chi connectivity index (χ4v) is 4.08. The van der Waals surface area contributed by atoms with E-state index in [1.807, 2.05) is 30.3 Å². The van der Waals surface area contributed by atoms with Gasteiger partial charge >= 0.3 is 6.18 Å². The SMILES string of the molecule is FC(F)(F)c1ccccc1S[C@H](c1ccccc1)[C@H]1CNCCO1. The van der Waals surface area contributed by atoms with Crippen LogP contribution in [0.4, 0.5) is 13.2 Å². The van der Waals surface area contributed by atoms with E-state index in [-0.39, 0.29) is 16.2 Å². The maximum absolute atomic E-state index is 13.3. The van der Waals surface area contributed by atoms with Crippen LogP contribution in [-0.2, 0) is 10.9 Å². The number of ether oxygens (including phenoxy) is 1. The van der Waals surface area contributed by atoms with Gasteiger partial charge in [-0.05, 0) is 17.7 Å². The third-order valence-electron chi connectivity index (χ3n) is 3.87. The number of nitrogens with one attached hydrogen (secondary N) is 1. The molecule has 0 aliphatic carbocycles. The Bertz CT molecular complexity index is 657. The molecule has 0 bridgehead atoms. The van der Waals surface area contributed by atoms with Gasteiger partial charge in [-0.1, -0.05) is 42.5 Å².